The van der Waals surface area contributed by atoms with Gasteiger partial charge in [0.15, 0.2) is 5.75 Å². The summed E-state index contributed by atoms with van der Waals surface area (Å²) >= 11 is 0. The van der Waals surface area contributed by atoms with Crippen molar-refractivity contribution in [3.05, 3.63) is 46.0 Å². The van der Waals surface area contributed by atoms with E-state index < -0.39 is 11.0 Å². The van der Waals surface area contributed by atoms with Crippen LogP contribution in [0.3, 0.4) is 0 Å². The molecule has 0 unspecified atom stereocenters. The average Bonchev–Trinajstić information content (AvgIpc) is 2.17. The van der Waals surface area contributed by atoms with Gasteiger partial charge in [0.1, 0.15) is 0 Å². The zero-order valence-corrected chi connectivity index (χ0v) is 9.01. The summed E-state index contributed by atoms with van der Waals surface area (Å²) in [6.45, 7) is 5.11. The first-order valence-electron chi connectivity index (χ1n) is 4.82. The summed E-state index contributed by atoms with van der Waals surface area (Å²) in [4.78, 5) is 10.2. The molecule has 0 aliphatic carbocycles. The van der Waals surface area contributed by atoms with Crippen molar-refractivity contribution >= 4 is 5.69 Å². The van der Waals surface area contributed by atoms with Crippen molar-refractivity contribution < 1.29 is 10.0 Å². The van der Waals surface area contributed by atoms with Crippen molar-refractivity contribution in [2.75, 3.05) is 0 Å². The smallest absolute Gasteiger partial charge is 0.313 e. The lowest BCUT2D eigenvalue weighted by Gasteiger charge is -2.12. The highest BCUT2D eigenvalue weighted by Crippen LogP contribution is 2.36. The molecular formula is C11H14N2O3. The first kappa shape index (κ1) is 12.2. The minimum Gasteiger partial charge on any atom is -0.502 e. The molecule has 16 heavy (non-hydrogen) atoms. The predicted molar refractivity (Wildman–Crippen MR) is 61.2 cm³/mol. The van der Waals surface area contributed by atoms with Crippen LogP contribution in [0.4, 0.5) is 5.69 Å². The van der Waals surface area contributed by atoms with Crippen LogP contribution in [0, 0.1) is 17.0 Å². The van der Waals surface area contributed by atoms with Crippen molar-refractivity contribution in [1.82, 2.24) is 0 Å². The molecule has 0 spiro atoms. The summed E-state index contributed by atoms with van der Waals surface area (Å²) in [5, 5.41) is 20.5. The van der Waals surface area contributed by atoms with E-state index in [2.05, 4.69) is 6.58 Å². The summed E-state index contributed by atoms with van der Waals surface area (Å²) in [5.74, 6) is -0.348. The molecule has 0 aliphatic heterocycles. The third-order valence-electron chi connectivity index (χ3n) is 2.39. The summed E-state index contributed by atoms with van der Waals surface area (Å²) in [6.07, 6.45) is 2.06. The number of nitrogens with zero attached hydrogens (tertiary/aromatic N) is 1. The molecular weight excluding hydrogens is 208 g/mol. The maximum Gasteiger partial charge on any atom is 0.313 e. The second kappa shape index (κ2) is 4.76. The third-order valence-corrected chi connectivity index (χ3v) is 2.39. The van der Waals surface area contributed by atoms with Gasteiger partial charge in [-0.05, 0) is 13.3 Å². The van der Waals surface area contributed by atoms with Crippen molar-refractivity contribution in [2.45, 2.75) is 19.4 Å². The van der Waals surface area contributed by atoms with Crippen LogP contribution >= 0.6 is 0 Å². The number of phenolic OH excluding ortho intramolecular Hbond substituents is 1. The Morgan fingerprint density at radius 1 is 1.69 bits per heavy atom. The quantitative estimate of drug-likeness (QED) is 0.464. The Morgan fingerprint density at radius 2 is 2.31 bits per heavy atom. The number of hydrogen-bond acceptors (Lipinski definition) is 4. The minimum atomic E-state index is -0.602. The summed E-state index contributed by atoms with van der Waals surface area (Å²) in [7, 11) is 0. The van der Waals surface area contributed by atoms with Crippen molar-refractivity contribution in [3.8, 4) is 5.75 Å². The molecule has 5 heteroatoms. The number of nitro benzene ring substituents is 1. The lowest BCUT2D eigenvalue weighted by Crippen LogP contribution is -2.10. The number of rotatable bonds is 4. The molecule has 1 rings (SSSR count). The molecule has 0 aromatic heterocycles. The molecule has 0 aliphatic rings. The van der Waals surface area contributed by atoms with Gasteiger partial charge in [0.25, 0.3) is 0 Å². The zero-order chi connectivity index (χ0) is 12.3. The zero-order valence-electron chi connectivity index (χ0n) is 9.01. The molecule has 1 aromatic rings. The summed E-state index contributed by atoms with van der Waals surface area (Å²) < 4.78 is 0. The first-order chi connectivity index (χ1) is 7.49. The second-order valence-electron chi connectivity index (χ2n) is 3.56. The number of nitro groups is 1. The number of hydrogen-bond donors (Lipinski definition) is 2. The van der Waals surface area contributed by atoms with Crippen LogP contribution in [-0.4, -0.2) is 10.0 Å². The van der Waals surface area contributed by atoms with Gasteiger partial charge in [-0.25, -0.2) is 0 Å². The summed E-state index contributed by atoms with van der Waals surface area (Å²) in [6, 6.07) is 2.71. The number of aryl methyl sites for hydroxylation is 1. The fourth-order valence-electron chi connectivity index (χ4n) is 1.53. The number of aromatic hydroxyl groups is 1. The topological polar surface area (TPSA) is 89.4 Å². The molecule has 0 saturated carbocycles. The highest BCUT2D eigenvalue weighted by atomic mass is 16.6. The maximum absolute atomic E-state index is 10.8. The van der Waals surface area contributed by atoms with Gasteiger partial charge in [-0.2, -0.15) is 0 Å². The Bertz CT molecular complexity index is 429. The van der Waals surface area contributed by atoms with E-state index in [1.807, 2.05) is 0 Å². The monoisotopic (exact) mass is 222 g/mol. The molecule has 0 amide bonds. The Hall–Kier alpha value is -1.88. The fourth-order valence-corrected chi connectivity index (χ4v) is 1.53. The minimum absolute atomic E-state index is 0.281. The van der Waals surface area contributed by atoms with E-state index in [0.29, 0.717) is 17.5 Å². The number of phenols is 1. The van der Waals surface area contributed by atoms with Gasteiger partial charge in [0, 0.05) is 17.2 Å². The molecule has 5 nitrogen and oxygen atoms in total. The molecule has 0 fully saturated rings. The van der Waals surface area contributed by atoms with Crippen LogP contribution in [0.15, 0.2) is 24.8 Å². The van der Waals surface area contributed by atoms with Crippen LogP contribution in [0.5, 0.6) is 5.75 Å². The van der Waals surface area contributed by atoms with Gasteiger partial charge in [-0.15, -0.1) is 6.58 Å². The van der Waals surface area contributed by atoms with Crippen LogP contribution in [-0.2, 0) is 0 Å². The van der Waals surface area contributed by atoms with E-state index in [9.17, 15) is 15.2 Å². The largest absolute Gasteiger partial charge is 0.502 e. The Labute approximate surface area is 93.4 Å². The highest BCUT2D eigenvalue weighted by molar-refractivity contribution is 5.56. The molecule has 3 N–H and O–H groups in total. The number of benzene rings is 1. The second-order valence-corrected chi connectivity index (χ2v) is 3.56. The lowest BCUT2D eigenvalue weighted by molar-refractivity contribution is -0.386. The van der Waals surface area contributed by atoms with Crippen LogP contribution in [0.25, 0.3) is 0 Å². The van der Waals surface area contributed by atoms with Gasteiger partial charge >= 0.3 is 5.69 Å². The molecule has 0 bridgehead atoms. The molecule has 0 saturated heterocycles. The van der Waals surface area contributed by atoms with Crippen molar-refractivity contribution in [3.63, 3.8) is 0 Å². The summed E-state index contributed by atoms with van der Waals surface area (Å²) in [5.41, 5.74) is 6.28. The van der Waals surface area contributed by atoms with E-state index in [0.717, 1.165) is 0 Å². The first-order valence-corrected chi connectivity index (χ1v) is 4.82. The molecule has 1 aromatic carbocycles. The number of nitrogens with two attached hydrogens (primary N) is 1. The predicted octanol–water partition coefficient (Wildman–Crippen LogP) is 2.18. The molecule has 0 heterocycles. The van der Waals surface area contributed by atoms with Gasteiger partial charge in [-0.3, -0.25) is 10.1 Å². The van der Waals surface area contributed by atoms with E-state index >= 15 is 0 Å². The van der Waals surface area contributed by atoms with Crippen molar-refractivity contribution in [2.24, 2.45) is 5.73 Å². The SMILES string of the molecule is C=CC[C@H](N)c1ccc(C)c([N+](=O)[O-])c1O. The van der Waals surface area contributed by atoms with Crippen molar-refractivity contribution in [1.29, 1.82) is 0 Å². The lowest BCUT2D eigenvalue weighted by atomic mass is 10.0. The van der Waals surface area contributed by atoms with Gasteiger partial charge < -0.3 is 10.8 Å². The average molecular weight is 222 g/mol. The Morgan fingerprint density at radius 3 is 2.81 bits per heavy atom. The standard InChI is InChI=1S/C11H14N2O3/c1-3-4-9(12)8-6-5-7(2)10(11(8)14)13(15)16/h3,5-6,9,14H,1,4,12H2,2H3/t9-/m0/s1. The van der Waals surface area contributed by atoms with E-state index in [1.54, 1.807) is 25.1 Å². The van der Waals surface area contributed by atoms with Gasteiger partial charge in [-0.1, -0.05) is 18.2 Å². The van der Waals surface area contributed by atoms with Crippen LogP contribution < -0.4 is 5.73 Å². The van der Waals surface area contributed by atoms with E-state index in [4.69, 9.17) is 5.73 Å². The Balaban J connectivity index is 3.28. The Kier molecular flexibility index (Phi) is 3.63. The van der Waals surface area contributed by atoms with E-state index in [-0.39, 0.29) is 11.4 Å². The normalized spacial score (nSPS) is 12.1. The van der Waals surface area contributed by atoms with Gasteiger partial charge in [0.05, 0.1) is 4.92 Å². The maximum atomic E-state index is 10.8. The van der Waals surface area contributed by atoms with Crippen LogP contribution in [0.2, 0.25) is 0 Å². The van der Waals surface area contributed by atoms with Crippen LogP contribution in [0.1, 0.15) is 23.6 Å². The highest BCUT2D eigenvalue weighted by Gasteiger charge is 2.22. The molecule has 1 atom stereocenters. The van der Waals surface area contributed by atoms with Gasteiger partial charge in [0.2, 0.25) is 0 Å². The third kappa shape index (κ3) is 2.20. The molecule has 86 valence electrons. The fraction of sp³-hybridized carbons (Fsp3) is 0.273. The van der Waals surface area contributed by atoms with E-state index in [1.165, 1.54) is 0 Å². The molecule has 0 radical (unpaired) electrons.